The molecule has 0 aromatic heterocycles. The van der Waals surface area contributed by atoms with Crippen LogP contribution in [-0.4, -0.2) is 24.5 Å². The first-order valence-corrected chi connectivity index (χ1v) is 7.99. The number of unbranched alkanes of at least 4 members (excludes halogenated alkanes) is 2. The quantitative estimate of drug-likeness (QED) is 0.597. The summed E-state index contributed by atoms with van der Waals surface area (Å²) in [5, 5.41) is 2.62. The van der Waals surface area contributed by atoms with Gasteiger partial charge in [0.05, 0.1) is 5.56 Å². The third-order valence-corrected chi connectivity index (χ3v) is 3.63. The molecule has 0 aliphatic heterocycles. The van der Waals surface area contributed by atoms with Gasteiger partial charge in [-0.15, -0.1) is 0 Å². The maximum Gasteiger partial charge on any atom is 0.418 e. The van der Waals surface area contributed by atoms with Crippen LogP contribution in [0.2, 0.25) is 0 Å². The highest BCUT2D eigenvalue weighted by molar-refractivity contribution is 7.98. The molecule has 0 radical (unpaired) electrons. The summed E-state index contributed by atoms with van der Waals surface area (Å²) < 4.78 is 38.1. The van der Waals surface area contributed by atoms with Gasteiger partial charge in [0.1, 0.15) is 0 Å². The van der Waals surface area contributed by atoms with E-state index in [0.717, 1.165) is 37.1 Å². The predicted molar refractivity (Wildman–Crippen MR) is 80.4 cm³/mol. The lowest BCUT2D eigenvalue weighted by Gasteiger charge is -2.12. The summed E-state index contributed by atoms with van der Waals surface area (Å²) >= 11 is 1.76. The zero-order valence-corrected chi connectivity index (χ0v) is 12.6. The standard InChI is InChI=1S/C14H19F3N2OS/c1-21-8-4-2-3-7-19-13(20)10-5-6-12(18)11(9-10)14(15,16)17/h5-6,9H,2-4,7-8,18H2,1H3,(H,19,20). The number of anilines is 1. The molecule has 21 heavy (non-hydrogen) atoms. The Morgan fingerprint density at radius 1 is 1.29 bits per heavy atom. The molecule has 0 unspecified atom stereocenters. The van der Waals surface area contributed by atoms with Gasteiger partial charge in [0.25, 0.3) is 5.91 Å². The topological polar surface area (TPSA) is 55.1 Å². The molecule has 0 atom stereocenters. The second-order valence-electron chi connectivity index (χ2n) is 4.61. The van der Waals surface area contributed by atoms with Crippen molar-refractivity contribution < 1.29 is 18.0 Å². The van der Waals surface area contributed by atoms with E-state index in [1.54, 1.807) is 11.8 Å². The summed E-state index contributed by atoms with van der Waals surface area (Å²) in [5.74, 6) is 0.561. The largest absolute Gasteiger partial charge is 0.418 e. The number of hydrogen-bond donors (Lipinski definition) is 2. The first-order valence-electron chi connectivity index (χ1n) is 6.60. The average Bonchev–Trinajstić information content (AvgIpc) is 2.41. The van der Waals surface area contributed by atoms with Crippen LogP contribution in [0.25, 0.3) is 0 Å². The van der Waals surface area contributed by atoms with Crippen molar-refractivity contribution in [3.63, 3.8) is 0 Å². The first-order chi connectivity index (χ1) is 9.86. The van der Waals surface area contributed by atoms with E-state index in [9.17, 15) is 18.0 Å². The molecule has 118 valence electrons. The molecule has 1 amide bonds. The van der Waals surface area contributed by atoms with Crippen molar-refractivity contribution in [1.82, 2.24) is 5.32 Å². The van der Waals surface area contributed by atoms with E-state index in [-0.39, 0.29) is 11.3 Å². The zero-order chi connectivity index (χ0) is 15.9. The second-order valence-corrected chi connectivity index (χ2v) is 5.59. The minimum atomic E-state index is -4.56. The van der Waals surface area contributed by atoms with E-state index >= 15 is 0 Å². The van der Waals surface area contributed by atoms with Crippen LogP contribution in [0.4, 0.5) is 18.9 Å². The molecule has 3 N–H and O–H groups in total. The molecular weight excluding hydrogens is 301 g/mol. The summed E-state index contributed by atoms with van der Waals surface area (Å²) in [6.07, 6.45) is 0.334. The highest BCUT2D eigenvalue weighted by Crippen LogP contribution is 2.33. The van der Waals surface area contributed by atoms with Crippen molar-refractivity contribution in [1.29, 1.82) is 0 Å². The lowest BCUT2D eigenvalue weighted by molar-refractivity contribution is -0.136. The Labute approximate surface area is 126 Å². The fourth-order valence-corrected chi connectivity index (χ4v) is 2.29. The van der Waals surface area contributed by atoms with E-state index in [1.807, 2.05) is 6.26 Å². The van der Waals surface area contributed by atoms with Crippen molar-refractivity contribution >= 4 is 23.4 Å². The molecule has 0 aliphatic carbocycles. The molecule has 1 aromatic rings. The third kappa shape index (κ3) is 5.87. The smallest absolute Gasteiger partial charge is 0.398 e. The molecule has 0 spiro atoms. The maximum atomic E-state index is 12.7. The molecule has 0 heterocycles. The molecule has 1 aromatic carbocycles. The Balaban J connectivity index is 2.55. The lowest BCUT2D eigenvalue weighted by Crippen LogP contribution is -2.25. The van der Waals surface area contributed by atoms with E-state index < -0.39 is 17.6 Å². The van der Waals surface area contributed by atoms with Crippen LogP contribution in [0.1, 0.15) is 35.2 Å². The molecule has 0 aliphatic rings. The molecule has 7 heteroatoms. The van der Waals surface area contributed by atoms with Gasteiger partial charge in [-0.3, -0.25) is 4.79 Å². The Morgan fingerprint density at radius 3 is 2.62 bits per heavy atom. The van der Waals surface area contributed by atoms with E-state index in [2.05, 4.69) is 5.32 Å². The van der Waals surface area contributed by atoms with Crippen molar-refractivity contribution in [2.45, 2.75) is 25.4 Å². The first kappa shape index (κ1) is 17.7. The third-order valence-electron chi connectivity index (χ3n) is 2.93. The predicted octanol–water partition coefficient (Wildman–Crippen LogP) is 3.55. The molecule has 0 bridgehead atoms. The van der Waals surface area contributed by atoms with Crippen molar-refractivity contribution in [2.24, 2.45) is 0 Å². The van der Waals surface area contributed by atoms with Crippen molar-refractivity contribution in [3.05, 3.63) is 29.3 Å². The van der Waals surface area contributed by atoms with Crippen LogP contribution in [0, 0.1) is 0 Å². The second kappa shape index (κ2) is 8.17. The number of halogens is 3. The number of nitrogen functional groups attached to an aromatic ring is 1. The number of nitrogens with two attached hydrogens (primary N) is 1. The number of rotatable bonds is 7. The Kier molecular flexibility index (Phi) is 6.87. The van der Waals surface area contributed by atoms with Gasteiger partial charge in [-0.1, -0.05) is 6.42 Å². The summed E-state index contributed by atoms with van der Waals surface area (Å²) in [4.78, 5) is 11.8. The van der Waals surface area contributed by atoms with Crippen molar-refractivity contribution in [3.8, 4) is 0 Å². The molecule has 1 rings (SSSR count). The van der Waals surface area contributed by atoms with E-state index in [0.29, 0.717) is 6.54 Å². The van der Waals surface area contributed by atoms with Gasteiger partial charge in [-0.2, -0.15) is 24.9 Å². The number of thioether (sulfide) groups is 1. The van der Waals surface area contributed by atoms with Crippen molar-refractivity contribution in [2.75, 3.05) is 24.3 Å². The SMILES string of the molecule is CSCCCCCNC(=O)c1ccc(N)c(C(F)(F)F)c1. The molecule has 0 fully saturated rings. The van der Waals surface area contributed by atoms with Gasteiger partial charge in [0, 0.05) is 17.8 Å². The molecule has 3 nitrogen and oxygen atoms in total. The van der Waals surface area contributed by atoms with Gasteiger partial charge >= 0.3 is 6.18 Å². The number of hydrogen-bond acceptors (Lipinski definition) is 3. The van der Waals surface area contributed by atoms with Gasteiger partial charge in [-0.25, -0.2) is 0 Å². The highest BCUT2D eigenvalue weighted by atomic mass is 32.2. The van der Waals surface area contributed by atoms with Gasteiger partial charge < -0.3 is 11.1 Å². The summed E-state index contributed by atoms with van der Waals surface area (Å²) in [5.41, 5.74) is 3.91. The summed E-state index contributed by atoms with van der Waals surface area (Å²) in [7, 11) is 0. The summed E-state index contributed by atoms with van der Waals surface area (Å²) in [6, 6.07) is 3.20. The Bertz CT molecular complexity index is 478. The number of nitrogens with one attached hydrogen (secondary N) is 1. The monoisotopic (exact) mass is 320 g/mol. The van der Waals surface area contributed by atoms with Crippen LogP contribution in [-0.2, 0) is 6.18 Å². The van der Waals surface area contributed by atoms with E-state index in [4.69, 9.17) is 5.73 Å². The average molecular weight is 320 g/mol. The fourth-order valence-electron chi connectivity index (χ4n) is 1.80. The normalized spacial score (nSPS) is 11.4. The van der Waals surface area contributed by atoms with E-state index in [1.165, 1.54) is 6.07 Å². The number of amides is 1. The minimum absolute atomic E-state index is 0.0272. The number of alkyl halides is 3. The fraction of sp³-hybridized carbons (Fsp3) is 0.500. The molecule has 0 saturated heterocycles. The van der Waals surface area contributed by atoms with Crippen LogP contribution in [0.15, 0.2) is 18.2 Å². The Morgan fingerprint density at radius 2 is 2.00 bits per heavy atom. The zero-order valence-electron chi connectivity index (χ0n) is 11.8. The van der Waals surface area contributed by atoms with Crippen LogP contribution < -0.4 is 11.1 Å². The molecular formula is C14H19F3N2OS. The molecule has 0 saturated carbocycles. The Hall–Kier alpha value is -1.37. The summed E-state index contributed by atoms with van der Waals surface area (Å²) in [6.45, 7) is 0.457. The maximum absolute atomic E-state index is 12.7. The number of carbonyl (C=O) groups excluding carboxylic acids is 1. The number of benzene rings is 1. The van der Waals surface area contributed by atoms with Crippen LogP contribution >= 0.6 is 11.8 Å². The lowest BCUT2D eigenvalue weighted by atomic mass is 10.1. The van der Waals surface area contributed by atoms with Gasteiger partial charge in [-0.05, 0) is 43.0 Å². The highest BCUT2D eigenvalue weighted by Gasteiger charge is 2.33. The van der Waals surface area contributed by atoms with Crippen LogP contribution in [0.3, 0.4) is 0 Å². The van der Waals surface area contributed by atoms with Gasteiger partial charge in [0.15, 0.2) is 0 Å². The minimum Gasteiger partial charge on any atom is -0.398 e. The van der Waals surface area contributed by atoms with Crippen LogP contribution in [0.5, 0.6) is 0 Å². The van der Waals surface area contributed by atoms with Gasteiger partial charge in [0.2, 0.25) is 0 Å². The number of carbonyl (C=O) groups is 1.